The molecule has 2 aliphatic rings. The number of ether oxygens (including phenoxy) is 2. The highest BCUT2D eigenvalue weighted by molar-refractivity contribution is 5.91. The van der Waals surface area contributed by atoms with Gasteiger partial charge in [-0.25, -0.2) is 0 Å². The summed E-state index contributed by atoms with van der Waals surface area (Å²) in [4.78, 5) is 27.6. The van der Waals surface area contributed by atoms with Gasteiger partial charge in [-0.15, -0.1) is 0 Å². The van der Waals surface area contributed by atoms with Crippen molar-refractivity contribution in [2.75, 3.05) is 28.2 Å². The van der Waals surface area contributed by atoms with E-state index in [9.17, 15) is 14.7 Å². The van der Waals surface area contributed by atoms with Crippen molar-refractivity contribution >= 4 is 11.8 Å². The molecule has 2 amide bonds. The Bertz CT molecular complexity index is 437. The Morgan fingerprint density at radius 2 is 1.39 bits per heavy atom. The number of carbonyl (C=O) groups is 2. The summed E-state index contributed by atoms with van der Waals surface area (Å²) in [5.41, 5.74) is 0. The third kappa shape index (κ3) is 3.51. The third-order valence-electron chi connectivity index (χ3n) is 4.77. The normalized spacial score (nSPS) is 33.3. The SMILES string of the molecule is CN(C)C(=O)[C@@H]1OC(C)([C@H]2CCCC[C@H]2O)O[C@H]1C(=O)N(C)C. The average Bonchev–Trinajstić information content (AvgIpc) is 2.84. The summed E-state index contributed by atoms with van der Waals surface area (Å²) in [6, 6.07) is 0. The molecule has 2 fully saturated rings. The van der Waals surface area contributed by atoms with E-state index in [1.54, 1.807) is 35.1 Å². The van der Waals surface area contributed by atoms with Crippen molar-refractivity contribution < 1.29 is 24.2 Å². The van der Waals surface area contributed by atoms with E-state index in [0.717, 1.165) is 19.3 Å². The number of aliphatic hydroxyl groups is 1. The Balaban J connectivity index is 2.27. The van der Waals surface area contributed by atoms with Crippen LogP contribution in [0.5, 0.6) is 0 Å². The van der Waals surface area contributed by atoms with Gasteiger partial charge in [0.25, 0.3) is 11.8 Å². The van der Waals surface area contributed by atoms with Gasteiger partial charge in [-0.3, -0.25) is 9.59 Å². The van der Waals surface area contributed by atoms with Gasteiger partial charge in [0.1, 0.15) is 0 Å². The van der Waals surface area contributed by atoms with Crippen molar-refractivity contribution in [2.45, 2.75) is 56.7 Å². The zero-order chi connectivity index (χ0) is 17.4. The molecule has 1 saturated heterocycles. The molecule has 1 heterocycles. The maximum Gasteiger partial charge on any atom is 0.254 e. The van der Waals surface area contributed by atoms with E-state index in [1.807, 2.05) is 0 Å². The molecule has 23 heavy (non-hydrogen) atoms. The van der Waals surface area contributed by atoms with Gasteiger partial charge < -0.3 is 24.4 Å². The molecule has 0 aromatic heterocycles. The lowest BCUT2D eigenvalue weighted by Crippen LogP contribution is -2.47. The number of likely N-dealkylation sites (N-methyl/N-ethyl adjacent to an activating group) is 2. The van der Waals surface area contributed by atoms with Crippen LogP contribution in [0.3, 0.4) is 0 Å². The van der Waals surface area contributed by atoms with Crippen LogP contribution in [0.1, 0.15) is 32.6 Å². The summed E-state index contributed by atoms with van der Waals surface area (Å²) in [7, 11) is 6.48. The lowest BCUT2D eigenvalue weighted by Gasteiger charge is -2.38. The molecule has 1 aliphatic heterocycles. The zero-order valence-electron chi connectivity index (χ0n) is 14.6. The average molecular weight is 328 g/mol. The molecule has 7 nitrogen and oxygen atoms in total. The van der Waals surface area contributed by atoms with E-state index in [1.165, 1.54) is 9.80 Å². The molecule has 0 bridgehead atoms. The summed E-state index contributed by atoms with van der Waals surface area (Å²) >= 11 is 0. The van der Waals surface area contributed by atoms with Crippen molar-refractivity contribution in [3.63, 3.8) is 0 Å². The molecule has 1 saturated carbocycles. The summed E-state index contributed by atoms with van der Waals surface area (Å²) in [5, 5.41) is 10.3. The van der Waals surface area contributed by atoms with E-state index in [2.05, 4.69) is 0 Å². The maximum atomic E-state index is 12.4. The Labute approximate surface area is 137 Å². The molecule has 0 spiro atoms. The molecule has 4 atom stereocenters. The van der Waals surface area contributed by atoms with Gasteiger partial charge in [0, 0.05) is 34.1 Å². The van der Waals surface area contributed by atoms with E-state index < -0.39 is 24.1 Å². The Morgan fingerprint density at radius 1 is 0.957 bits per heavy atom. The van der Waals surface area contributed by atoms with E-state index in [-0.39, 0.29) is 17.7 Å². The van der Waals surface area contributed by atoms with Crippen molar-refractivity contribution in [3.8, 4) is 0 Å². The highest BCUT2D eigenvalue weighted by Gasteiger charge is 2.56. The van der Waals surface area contributed by atoms with Crippen LogP contribution in [0, 0.1) is 5.92 Å². The first kappa shape index (κ1) is 18.2. The first-order valence-corrected chi connectivity index (χ1v) is 8.13. The first-order valence-electron chi connectivity index (χ1n) is 8.13. The fraction of sp³-hybridized carbons (Fsp3) is 0.875. The Hall–Kier alpha value is -1.18. The second kappa shape index (κ2) is 6.75. The van der Waals surface area contributed by atoms with Crippen LogP contribution in [-0.2, 0) is 19.1 Å². The van der Waals surface area contributed by atoms with Gasteiger partial charge in [-0.2, -0.15) is 0 Å². The van der Waals surface area contributed by atoms with Gasteiger partial charge in [0.15, 0.2) is 18.0 Å². The molecule has 0 unspecified atom stereocenters. The highest BCUT2D eigenvalue weighted by atomic mass is 16.8. The number of hydrogen-bond donors (Lipinski definition) is 1. The molecule has 7 heteroatoms. The minimum atomic E-state index is -1.13. The molecule has 2 rings (SSSR count). The topological polar surface area (TPSA) is 79.3 Å². The van der Waals surface area contributed by atoms with Gasteiger partial charge in [0.2, 0.25) is 0 Å². The summed E-state index contributed by atoms with van der Waals surface area (Å²) < 4.78 is 11.9. The van der Waals surface area contributed by atoms with Crippen LogP contribution in [0.15, 0.2) is 0 Å². The lowest BCUT2D eigenvalue weighted by molar-refractivity contribution is -0.225. The fourth-order valence-corrected chi connectivity index (χ4v) is 3.42. The highest BCUT2D eigenvalue weighted by Crippen LogP contribution is 2.42. The van der Waals surface area contributed by atoms with Crippen molar-refractivity contribution in [1.82, 2.24) is 9.80 Å². The molecule has 1 aliphatic carbocycles. The summed E-state index contributed by atoms with van der Waals surface area (Å²) in [6.45, 7) is 1.73. The van der Waals surface area contributed by atoms with Gasteiger partial charge in [-0.05, 0) is 19.8 Å². The number of hydrogen-bond acceptors (Lipinski definition) is 5. The standard InChI is InChI=1S/C16H28N2O5/c1-16(10-8-6-7-9-11(10)19)22-12(14(20)17(2)3)13(23-16)15(21)18(4)5/h10-13,19H,6-9H2,1-5H3/t10-,11+,12+,13+/m0/s1. The van der Waals surface area contributed by atoms with Crippen LogP contribution in [0.25, 0.3) is 0 Å². The fourth-order valence-electron chi connectivity index (χ4n) is 3.42. The zero-order valence-corrected chi connectivity index (χ0v) is 14.6. The molecule has 132 valence electrons. The first-order chi connectivity index (χ1) is 10.7. The van der Waals surface area contributed by atoms with Crippen LogP contribution >= 0.6 is 0 Å². The monoisotopic (exact) mass is 328 g/mol. The van der Waals surface area contributed by atoms with Crippen molar-refractivity contribution in [3.05, 3.63) is 0 Å². The van der Waals surface area contributed by atoms with Crippen molar-refractivity contribution in [2.24, 2.45) is 5.92 Å². The number of rotatable bonds is 3. The molecular formula is C16H28N2O5. The predicted molar refractivity (Wildman–Crippen MR) is 83.5 cm³/mol. The smallest absolute Gasteiger partial charge is 0.254 e. The van der Waals surface area contributed by atoms with Crippen LogP contribution in [0.2, 0.25) is 0 Å². The second-order valence-electron chi connectivity index (χ2n) is 7.02. The second-order valence-corrected chi connectivity index (χ2v) is 7.02. The Morgan fingerprint density at radius 3 is 1.78 bits per heavy atom. The number of aliphatic hydroxyl groups excluding tert-OH is 1. The largest absolute Gasteiger partial charge is 0.393 e. The minimum absolute atomic E-state index is 0.242. The van der Waals surface area contributed by atoms with Gasteiger partial charge in [0.05, 0.1) is 6.10 Å². The number of carbonyl (C=O) groups excluding carboxylic acids is 2. The van der Waals surface area contributed by atoms with E-state index >= 15 is 0 Å². The molecular weight excluding hydrogens is 300 g/mol. The molecule has 0 aromatic carbocycles. The number of nitrogens with zero attached hydrogens (tertiary/aromatic N) is 2. The molecule has 1 N–H and O–H groups in total. The van der Waals surface area contributed by atoms with Gasteiger partial charge >= 0.3 is 0 Å². The lowest BCUT2D eigenvalue weighted by atomic mass is 9.81. The Kier molecular flexibility index (Phi) is 5.33. The predicted octanol–water partition coefficient (Wildman–Crippen LogP) is 0.214. The van der Waals surface area contributed by atoms with E-state index in [0.29, 0.717) is 6.42 Å². The van der Waals surface area contributed by atoms with Crippen LogP contribution in [-0.4, -0.2) is 79.0 Å². The van der Waals surface area contributed by atoms with Gasteiger partial charge in [-0.1, -0.05) is 12.8 Å². The minimum Gasteiger partial charge on any atom is -0.393 e. The third-order valence-corrected chi connectivity index (χ3v) is 4.77. The van der Waals surface area contributed by atoms with Crippen molar-refractivity contribution in [1.29, 1.82) is 0 Å². The quantitative estimate of drug-likeness (QED) is 0.801. The van der Waals surface area contributed by atoms with Crippen LogP contribution < -0.4 is 0 Å². The number of amides is 2. The summed E-state index contributed by atoms with van der Waals surface area (Å²) in [5.74, 6) is -1.99. The van der Waals surface area contributed by atoms with E-state index in [4.69, 9.17) is 9.47 Å². The van der Waals surface area contributed by atoms with Crippen LogP contribution in [0.4, 0.5) is 0 Å². The maximum absolute atomic E-state index is 12.4. The molecule has 0 aromatic rings. The summed E-state index contributed by atoms with van der Waals surface area (Å²) in [6.07, 6.45) is 0.862. The molecule has 0 radical (unpaired) electrons.